The van der Waals surface area contributed by atoms with Gasteiger partial charge < -0.3 is 0 Å². The molecule has 18 heavy (non-hydrogen) atoms. The van der Waals surface area contributed by atoms with Crippen LogP contribution in [0.2, 0.25) is 0 Å². The Morgan fingerprint density at radius 1 is 0.611 bits per heavy atom. The molecule has 0 radical (unpaired) electrons. The molecule has 0 amide bonds. The second-order valence-corrected chi connectivity index (χ2v) is 6.42. The molecule has 0 nitrogen and oxygen atoms in total. The standard InChI is InChI=1S/C18H26/c1-3-7-15(8-4-1)17-11-13-18(14-12-17)16-9-5-2-6-10-16/h1,3-4,7-8,16-18H,2,5-6,9-14H2. The van der Waals surface area contributed by atoms with Crippen molar-refractivity contribution >= 4 is 0 Å². The molecule has 0 N–H and O–H groups in total. The largest absolute Gasteiger partial charge is 0.0622 e. The zero-order valence-corrected chi connectivity index (χ0v) is 11.5. The third-order valence-electron chi connectivity index (χ3n) is 5.36. The van der Waals surface area contributed by atoms with E-state index in [1.165, 1.54) is 57.8 Å². The van der Waals surface area contributed by atoms with Crippen molar-refractivity contribution in [2.24, 2.45) is 11.8 Å². The van der Waals surface area contributed by atoms with Crippen molar-refractivity contribution in [2.75, 3.05) is 0 Å². The molecule has 0 bridgehead atoms. The van der Waals surface area contributed by atoms with Gasteiger partial charge in [0.25, 0.3) is 0 Å². The summed E-state index contributed by atoms with van der Waals surface area (Å²) in [6, 6.07) is 11.2. The highest BCUT2D eigenvalue weighted by atomic mass is 14.3. The normalized spacial score (nSPS) is 30.2. The number of benzene rings is 1. The lowest BCUT2D eigenvalue weighted by atomic mass is 9.70. The van der Waals surface area contributed by atoms with Crippen molar-refractivity contribution in [3.05, 3.63) is 35.9 Å². The molecule has 2 fully saturated rings. The first-order chi connectivity index (χ1) is 8.93. The lowest BCUT2D eigenvalue weighted by Gasteiger charge is -2.36. The fourth-order valence-electron chi connectivity index (χ4n) is 4.25. The van der Waals surface area contributed by atoms with Gasteiger partial charge in [-0.3, -0.25) is 0 Å². The van der Waals surface area contributed by atoms with E-state index in [0.717, 1.165) is 17.8 Å². The van der Waals surface area contributed by atoms with E-state index in [0.29, 0.717) is 0 Å². The minimum Gasteiger partial charge on any atom is -0.0622 e. The van der Waals surface area contributed by atoms with Crippen LogP contribution in [0.3, 0.4) is 0 Å². The molecule has 0 unspecified atom stereocenters. The quantitative estimate of drug-likeness (QED) is 0.638. The fourth-order valence-corrected chi connectivity index (χ4v) is 4.25. The van der Waals surface area contributed by atoms with E-state index >= 15 is 0 Å². The van der Waals surface area contributed by atoms with Crippen LogP contribution in [-0.4, -0.2) is 0 Å². The van der Waals surface area contributed by atoms with E-state index < -0.39 is 0 Å². The Balaban J connectivity index is 1.54. The van der Waals surface area contributed by atoms with Gasteiger partial charge in [-0.15, -0.1) is 0 Å². The van der Waals surface area contributed by atoms with Gasteiger partial charge in [0, 0.05) is 0 Å². The molecule has 0 atom stereocenters. The molecular formula is C18H26. The van der Waals surface area contributed by atoms with Gasteiger partial charge in [-0.2, -0.15) is 0 Å². The number of hydrogen-bond donors (Lipinski definition) is 0. The minimum absolute atomic E-state index is 0.853. The summed E-state index contributed by atoms with van der Waals surface area (Å²) in [6.45, 7) is 0. The minimum atomic E-state index is 0.853. The van der Waals surface area contributed by atoms with E-state index in [1.54, 1.807) is 5.56 Å². The zero-order chi connectivity index (χ0) is 12.2. The summed E-state index contributed by atoms with van der Waals surface area (Å²) in [5.41, 5.74) is 1.58. The van der Waals surface area contributed by atoms with Gasteiger partial charge in [0.05, 0.1) is 0 Å². The summed E-state index contributed by atoms with van der Waals surface area (Å²) in [4.78, 5) is 0. The van der Waals surface area contributed by atoms with Crippen LogP contribution < -0.4 is 0 Å². The smallest absolute Gasteiger partial charge is 0.0162 e. The van der Waals surface area contributed by atoms with E-state index in [-0.39, 0.29) is 0 Å². The molecule has 0 heteroatoms. The molecule has 3 rings (SSSR count). The average Bonchev–Trinajstić information content (AvgIpc) is 2.49. The fraction of sp³-hybridized carbons (Fsp3) is 0.667. The lowest BCUT2D eigenvalue weighted by Crippen LogP contribution is -2.22. The predicted octanol–water partition coefficient (Wildman–Crippen LogP) is 5.54. The highest BCUT2D eigenvalue weighted by molar-refractivity contribution is 5.19. The van der Waals surface area contributed by atoms with Gasteiger partial charge >= 0.3 is 0 Å². The molecule has 0 saturated heterocycles. The van der Waals surface area contributed by atoms with Crippen LogP contribution in [0.4, 0.5) is 0 Å². The van der Waals surface area contributed by atoms with Crippen LogP contribution >= 0.6 is 0 Å². The van der Waals surface area contributed by atoms with E-state index in [4.69, 9.17) is 0 Å². The summed E-state index contributed by atoms with van der Waals surface area (Å²) in [6.07, 6.45) is 13.4. The maximum Gasteiger partial charge on any atom is -0.0162 e. The van der Waals surface area contributed by atoms with Crippen molar-refractivity contribution in [3.8, 4) is 0 Å². The van der Waals surface area contributed by atoms with Crippen LogP contribution in [-0.2, 0) is 0 Å². The molecule has 2 aliphatic rings. The third kappa shape index (κ3) is 2.79. The lowest BCUT2D eigenvalue weighted by molar-refractivity contribution is 0.186. The summed E-state index contributed by atoms with van der Waals surface area (Å²) in [7, 11) is 0. The molecule has 0 heterocycles. The third-order valence-corrected chi connectivity index (χ3v) is 5.36. The van der Waals surface area contributed by atoms with E-state index in [2.05, 4.69) is 30.3 Å². The molecule has 2 aliphatic carbocycles. The summed E-state index contributed by atoms with van der Waals surface area (Å²) in [5, 5.41) is 0. The highest BCUT2D eigenvalue weighted by Crippen LogP contribution is 2.42. The van der Waals surface area contributed by atoms with Gasteiger partial charge in [0.15, 0.2) is 0 Å². The van der Waals surface area contributed by atoms with Crippen LogP contribution in [0, 0.1) is 11.8 Å². The second-order valence-electron chi connectivity index (χ2n) is 6.42. The van der Waals surface area contributed by atoms with Gasteiger partial charge in [-0.05, 0) is 49.0 Å². The summed E-state index contributed by atoms with van der Waals surface area (Å²) >= 11 is 0. The second kappa shape index (κ2) is 5.91. The van der Waals surface area contributed by atoms with Gasteiger partial charge in [0.1, 0.15) is 0 Å². The molecule has 98 valence electrons. The topological polar surface area (TPSA) is 0 Å². The molecule has 1 aromatic rings. The van der Waals surface area contributed by atoms with Crippen molar-refractivity contribution < 1.29 is 0 Å². The average molecular weight is 242 g/mol. The Labute approximate surface area is 112 Å². The van der Waals surface area contributed by atoms with Crippen LogP contribution in [0.1, 0.15) is 69.3 Å². The predicted molar refractivity (Wildman–Crippen MR) is 77.7 cm³/mol. The number of rotatable bonds is 2. The zero-order valence-electron chi connectivity index (χ0n) is 11.5. The number of hydrogen-bond acceptors (Lipinski definition) is 0. The SMILES string of the molecule is c1ccc(C2CCC(C3CCCCC3)CC2)cc1. The Morgan fingerprint density at radius 2 is 1.22 bits per heavy atom. The van der Waals surface area contributed by atoms with Gasteiger partial charge in [-0.1, -0.05) is 62.4 Å². The monoisotopic (exact) mass is 242 g/mol. The first-order valence-electron chi connectivity index (χ1n) is 7.98. The van der Waals surface area contributed by atoms with Crippen molar-refractivity contribution in [1.82, 2.24) is 0 Å². The van der Waals surface area contributed by atoms with Gasteiger partial charge in [-0.25, -0.2) is 0 Å². The molecule has 0 spiro atoms. The molecule has 0 aliphatic heterocycles. The molecule has 0 aromatic heterocycles. The first kappa shape index (κ1) is 12.3. The Bertz CT molecular complexity index is 340. The Hall–Kier alpha value is -0.780. The molecule has 2 saturated carbocycles. The maximum atomic E-state index is 2.33. The summed E-state index contributed by atoms with van der Waals surface area (Å²) in [5.74, 6) is 2.99. The van der Waals surface area contributed by atoms with Crippen molar-refractivity contribution in [3.63, 3.8) is 0 Å². The Morgan fingerprint density at radius 3 is 1.89 bits per heavy atom. The van der Waals surface area contributed by atoms with Crippen molar-refractivity contribution in [1.29, 1.82) is 0 Å². The van der Waals surface area contributed by atoms with E-state index in [1.807, 2.05) is 0 Å². The van der Waals surface area contributed by atoms with Gasteiger partial charge in [0.2, 0.25) is 0 Å². The van der Waals surface area contributed by atoms with Crippen LogP contribution in [0.15, 0.2) is 30.3 Å². The summed E-state index contributed by atoms with van der Waals surface area (Å²) < 4.78 is 0. The van der Waals surface area contributed by atoms with Crippen LogP contribution in [0.5, 0.6) is 0 Å². The highest BCUT2D eigenvalue weighted by Gasteiger charge is 2.28. The maximum absolute atomic E-state index is 2.33. The van der Waals surface area contributed by atoms with Crippen molar-refractivity contribution in [2.45, 2.75) is 63.7 Å². The first-order valence-corrected chi connectivity index (χ1v) is 7.98. The van der Waals surface area contributed by atoms with Crippen LogP contribution in [0.25, 0.3) is 0 Å². The molecule has 1 aromatic carbocycles. The van der Waals surface area contributed by atoms with E-state index in [9.17, 15) is 0 Å². The Kier molecular flexibility index (Phi) is 4.02. The molecular weight excluding hydrogens is 216 g/mol.